The topological polar surface area (TPSA) is 103 Å². The SMILES string of the molecule is Nc1ncnc2c1c(-c1ccc(NS(=O)(=O)c3c(Cl)cc(Cl)cc3Cl)c(F)c1)cn2C1CCCC1. The molecular formula is C23H19Cl3FN5O2S. The van der Waals surface area contributed by atoms with Crippen LogP contribution >= 0.6 is 34.8 Å². The molecule has 12 heteroatoms. The van der Waals surface area contributed by atoms with E-state index in [4.69, 9.17) is 40.5 Å². The molecule has 1 saturated carbocycles. The molecule has 1 fully saturated rings. The van der Waals surface area contributed by atoms with Crippen molar-refractivity contribution in [2.45, 2.75) is 36.6 Å². The first-order valence-electron chi connectivity index (χ1n) is 10.7. The number of hydrogen-bond donors (Lipinski definition) is 2. The Labute approximate surface area is 216 Å². The molecular weight excluding hydrogens is 536 g/mol. The van der Waals surface area contributed by atoms with Crippen LogP contribution in [-0.4, -0.2) is 23.0 Å². The molecule has 2 aromatic heterocycles. The third kappa shape index (κ3) is 4.42. The van der Waals surface area contributed by atoms with E-state index in [-0.39, 0.29) is 26.8 Å². The van der Waals surface area contributed by atoms with Crippen molar-refractivity contribution in [2.75, 3.05) is 10.5 Å². The maximum absolute atomic E-state index is 15.2. The number of sulfonamides is 1. The van der Waals surface area contributed by atoms with E-state index >= 15 is 4.39 Å². The van der Waals surface area contributed by atoms with Crippen LogP contribution in [0.1, 0.15) is 31.7 Å². The minimum Gasteiger partial charge on any atom is -0.383 e. The summed E-state index contributed by atoms with van der Waals surface area (Å²) in [5.41, 5.74) is 7.78. The number of rotatable bonds is 5. The number of fused-ring (bicyclic) bond motifs is 1. The molecule has 2 aromatic carbocycles. The average Bonchev–Trinajstić information content (AvgIpc) is 3.42. The third-order valence-corrected chi connectivity index (χ3v) is 8.62. The number of hydrogen-bond acceptors (Lipinski definition) is 5. The highest BCUT2D eigenvalue weighted by molar-refractivity contribution is 7.93. The molecule has 7 nitrogen and oxygen atoms in total. The molecule has 4 aromatic rings. The van der Waals surface area contributed by atoms with Gasteiger partial charge in [-0.3, -0.25) is 4.72 Å². The second kappa shape index (κ2) is 9.13. The van der Waals surface area contributed by atoms with Crippen LogP contribution in [0.3, 0.4) is 0 Å². The Morgan fingerprint density at radius 2 is 1.74 bits per heavy atom. The molecule has 2 heterocycles. The lowest BCUT2D eigenvalue weighted by atomic mass is 10.1. The van der Waals surface area contributed by atoms with Gasteiger partial charge in [0.05, 0.1) is 21.1 Å². The Morgan fingerprint density at radius 1 is 1.06 bits per heavy atom. The third-order valence-electron chi connectivity index (χ3n) is 6.11. The smallest absolute Gasteiger partial charge is 0.264 e. The number of nitrogens with two attached hydrogens (primary N) is 1. The molecule has 0 saturated heterocycles. The lowest BCUT2D eigenvalue weighted by molar-refractivity contribution is 0.532. The van der Waals surface area contributed by atoms with Crippen LogP contribution < -0.4 is 10.5 Å². The van der Waals surface area contributed by atoms with Gasteiger partial charge in [-0.05, 0) is 42.7 Å². The molecule has 0 bridgehead atoms. The molecule has 0 aliphatic heterocycles. The van der Waals surface area contributed by atoms with Gasteiger partial charge < -0.3 is 10.3 Å². The van der Waals surface area contributed by atoms with Crippen molar-refractivity contribution >= 4 is 67.4 Å². The molecule has 1 aliphatic rings. The Kier molecular flexibility index (Phi) is 6.29. The molecule has 1 aliphatic carbocycles. The van der Waals surface area contributed by atoms with E-state index in [1.54, 1.807) is 6.07 Å². The van der Waals surface area contributed by atoms with E-state index < -0.39 is 20.7 Å². The summed E-state index contributed by atoms with van der Waals surface area (Å²) in [6.07, 6.45) is 7.64. The number of anilines is 2. The van der Waals surface area contributed by atoms with Crippen LogP contribution in [0.4, 0.5) is 15.9 Å². The summed E-state index contributed by atoms with van der Waals surface area (Å²) in [4.78, 5) is 8.15. The van der Waals surface area contributed by atoms with Crippen molar-refractivity contribution in [3.05, 3.63) is 63.7 Å². The Balaban J connectivity index is 1.54. The van der Waals surface area contributed by atoms with Crippen molar-refractivity contribution in [2.24, 2.45) is 0 Å². The summed E-state index contributed by atoms with van der Waals surface area (Å²) in [7, 11) is -4.30. The molecule has 5 rings (SSSR count). The first-order chi connectivity index (χ1) is 16.7. The predicted octanol–water partition coefficient (Wildman–Crippen LogP) is 6.70. The number of nitrogens with one attached hydrogen (secondary N) is 1. The van der Waals surface area contributed by atoms with E-state index in [2.05, 4.69) is 19.3 Å². The van der Waals surface area contributed by atoms with Crippen LogP contribution in [0.25, 0.3) is 22.2 Å². The zero-order chi connectivity index (χ0) is 24.9. The lowest BCUT2D eigenvalue weighted by Crippen LogP contribution is -2.15. The van der Waals surface area contributed by atoms with Crippen molar-refractivity contribution in [1.82, 2.24) is 14.5 Å². The number of nitrogen functional groups attached to an aromatic ring is 1. The summed E-state index contributed by atoms with van der Waals surface area (Å²) in [5.74, 6) is -0.497. The van der Waals surface area contributed by atoms with E-state index in [0.717, 1.165) is 25.7 Å². The van der Waals surface area contributed by atoms with Gasteiger partial charge in [-0.15, -0.1) is 0 Å². The highest BCUT2D eigenvalue weighted by Crippen LogP contribution is 2.40. The molecule has 0 unspecified atom stereocenters. The van der Waals surface area contributed by atoms with Crippen LogP contribution in [0.5, 0.6) is 0 Å². The summed E-state index contributed by atoms with van der Waals surface area (Å²) < 4.78 is 45.3. The quantitative estimate of drug-likeness (QED) is 0.286. The fourth-order valence-electron chi connectivity index (χ4n) is 4.53. The predicted molar refractivity (Wildman–Crippen MR) is 137 cm³/mol. The zero-order valence-corrected chi connectivity index (χ0v) is 21.2. The van der Waals surface area contributed by atoms with Crippen LogP contribution in [0.2, 0.25) is 15.1 Å². The van der Waals surface area contributed by atoms with Crippen molar-refractivity contribution < 1.29 is 12.8 Å². The van der Waals surface area contributed by atoms with Gasteiger partial charge in [0, 0.05) is 22.8 Å². The number of halogens is 4. The standard InChI is InChI=1S/C23H19Cl3FN5O2S/c24-13-8-16(25)21(17(26)9-13)35(33,34)31-19-6-5-12(7-18(19)27)15-10-32(14-3-1-2-4-14)23-20(15)22(28)29-11-30-23/h5-11,14,31H,1-4H2,(H2,28,29,30). The number of benzene rings is 2. The van der Waals surface area contributed by atoms with Gasteiger partial charge in [0.1, 0.15) is 28.5 Å². The van der Waals surface area contributed by atoms with E-state index in [1.807, 2.05) is 6.20 Å². The second-order valence-corrected chi connectivity index (χ2v) is 11.2. The maximum Gasteiger partial charge on any atom is 0.264 e. The van der Waals surface area contributed by atoms with E-state index in [1.165, 1.54) is 30.6 Å². The number of nitrogens with zero attached hydrogens (tertiary/aromatic N) is 3. The number of aromatic nitrogens is 3. The average molecular weight is 555 g/mol. The van der Waals surface area contributed by atoms with Gasteiger partial charge in [-0.1, -0.05) is 53.7 Å². The largest absolute Gasteiger partial charge is 0.383 e. The molecule has 0 spiro atoms. The molecule has 3 N–H and O–H groups in total. The highest BCUT2D eigenvalue weighted by atomic mass is 35.5. The first kappa shape index (κ1) is 24.1. The van der Waals surface area contributed by atoms with Crippen LogP contribution in [0.15, 0.2) is 47.8 Å². The fraction of sp³-hybridized carbons (Fsp3) is 0.217. The van der Waals surface area contributed by atoms with Crippen molar-refractivity contribution in [3.8, 4) is 11.1 Å². The maximum atomic E-state index is 15.2. The normalized spacial score (nSPS) is 14.6. The summed E-state index contributed by atoms with van der Waals surface area (Å²) in [5, 5.41) is 0.450. The second-order valence-electron chi connectivity index (χ2n) is 8.34. The Morgan fingerprint density at radius 3 is 2.40 bits per heavy atom. The van der Waals surface area contributed by atoms with E-state index in [0.29, 0.717) is 28.0 Å². The Hall–Kier alpha value is -2.59. The van der Waals surface area contributed by atoms with Gasteiger partial charge >= 0.3 is 0 Å². The van der Waals surface area contributed by atoms with Crippen LogP contribution in [0, 0.1) is 5.82 Å². The summed E-state index contributed by atoms with van der Waals surface area (Å²) >= 11 is 18.0. The molecule has 0 atom stereocenters. The molecule has 35 heavy (non-hydrogen) atoms. The van der Waals surface area contributed by atoms with Gasteiger partial charge in [0.2, 0.25) is 0 Å². The minimum absolute atomic E-state index is 0.175. The van der Waals surface area contributed by atoms with Crippen LogP contribution in [-0.2, 0) is 10.0 Å². The highest BCUT2D eigenvalue weighted by Gasteiger charge is 2.26. The Bertz CT molecular complexity index is 1550. The molecule has 0 radical (unpaired) electrons. The van der Waals surface area contributed by atoms with Crippen molar-refractivity contribution in [3.63, 3.8) is 0 Å². The van der Waals surface area contributed by atoms with Gasteiger partial charge in [-0.2, -0.15) is 0 Å². The van der Waals surface area contributed by atoms with Gasteiger partial charge in [-0.25, -0.2) is 22.8 Å². The first-order valence-corrected chi connectivity index (χ1v) is 13.4. The van der Waals surface area contributed by atoms with E-state index in [9.17, 15) is 8.42 Å². The monoisotopic (exact) mass is 553 g/mol. The van der Waals surface area contributed by atoms with Gasteiger partial charge in [0.15, 0.2) is 0 Å². The fourth-order valence-corrected chi connectivity index (χ4v) is 7.15. The van der Waals surface area contributed by atoms with Gasteiger partial charge in [0.25, 0.3) is 10.0 Å². The summed E-state index contributed by atoms with van der Waals surface area (Å²) in [6, 6.07) is 6.95. The van der Waals surface area contributed by atoms with Crippen molar-refractivity contribution in [1.29, 1.82) is 0 Å². The lowest BCUT2D eigenvalue weighted by Gasteiger charge is -2.13. The molecule has 0 amide bonds. The minimum atomic E-state index is -4.30. The molecule has 182 valence electrons. The summed E-state index contributed by atoms with van der Waals surface area (Å²) in [6.45, 7) is 0. The zero-order valence-electron chi connectivity index (χ0n) is 18.1.